The summed E-state index contributed by atoms with van der Waals surface area (Å²) < 4.78 is 1.92. The second kappa shape index (κ2) is 5.62. The van der Waals surface area contributed by atoms with E-state index < -0.39 is 12.0 Å². The average Bonchev–Trinajstić information content (AvgIpc) is 2.86. The fraction of sp³-hybridized carbons (Fsp3) is 0.462. The molecule has 96 valence electrons. The maximum absolute atomic E-state index is 12.0. The molecule has 0 radical (unpaired) electrons. The van der Waals surface area contributed by atoms with E-state index in [1.54, 1.807) is 0 Å². The lowest BCUT2D eigenvalue weighted by molar-refractivity contribution is -0.695. The van der Waals surface area contributed by atoms with E-state index >= 15 is 0 Å². The number of amides is 1. The van der Waals surface area contributed by atoms with E-state index in [2.05, 4.69) is 0 Å². The molecule has 0 spiro atoms. The first-order valence-corrected chi connectivity index (χ1v) is 6.15. The molecule has 1 amide bonds. The van der Waals surface area contributed by atoms with Crippen LogP contribution in [0, 0.1) is 0 Å². The van der Waals surface area contributed by atoms with Gasteiger partial charge in [0, 0.05) is 18.7 Å². The summed E-state index contributed by atoms with van der Waals surface area (Å²) in [4.78, 5) is 24.5. The van der Waals surface area contributed by atoms with Gasteiger partial charge >= 0.3 is 5.97 Å². The van der Waals surface area contributed by atoms with Gasteiger partial charge in [0.1, 0.15) is 6.04 Å². The summed E-state index contributed by atoms with van der Waals surface area (Å²) in [6.45, 7) is 1.15. The molecule has 0 aromatic carbocycles. The van der Waals surface area contributed by atoms with Gasteiger partial charge in [0.2, 0.25) is 5.91 Å². The zero-order valence-electron chi connectivity index (χ0n) is 10.2. The van der Waals surface area contributed by atoms with Crippen molar-refractivity contribution in [3.8, 4) is 0 Å². The van der Waals surface area contributed by atoms with Crippen molar-refractivity contribution in [1.82, 2.24) is 4.90 Å². The van der Waals surface area contributed by atoms with Gasteiger partial charge in [-0.25, -0.2) is 9.36 Å². The first-order valence-electron chi connectivity index (χ1n) is 6.15. The van der Waals surface area contributed by atoms with Gasteiger partial charge in [0.15, 0.2) is 18.9 Å². The molecule has 1 fully saturated rings. The lowest BCUT2D eigenvalue weighted by Crippen LogP contribution is -2.43. The number of aliphatic carboxylic acids is 1. The summed E-state index contributed by atoms with van der Waals surface area (Å²) in [5, 5.41) is 9.02. The molecule has 1 saturated heterocycles. The van der Waals surface area contributed by atoms with Crippen molar-refractivity contribution in [2.75, 3.05) is 6.54 Å². The summed E-state index contributed by atoms with van der Waals surface area (Å²) in [7, 11) is 0. The minimum Gasteiger partial charge on any atom is -0.480 e. The SMILES string of the molecule is O=C(O)C1CCCN1C(=O)CC[n+]1ccccc1. The van der Waals surface area contributed by atoms with Crippen molar-refractivity contribution in [1.29, 1.82) is 0 Å². The first-order chi connectivity index (χ1) is 8.68. The van der Waals surface area contributed by atoms with Gasteiger partial charge in [-0.15, -0.1) is 0 Å². The molecule has 0 aliphatic carbocycles. The highest BCUT2D eigenvalue weighted by Gasteiger charge is 2.33. The van der Waals surface area contributed by atoms with Crippen molar-refractivity contribution in [3.05, 3.63) is 30.6 Å². The molecule has 5 nitrogen and oxygen atoms in total. The molecule has 5 heteroatoms. The van der Waals surface area contributed by atoms with Gasteiger partial charge in [-0.3, -0.25) is 4.79 Å². The predicted molar refractivity (Wildman–Crippen MR) is 63.6 cm³/mol. The Hall–Kier alpha value is -1.91. The van der Waals surface area contributed by atoms with Crippen LogP contribution in [0.4, 0.5) is 0 Å². The number of carbonyl (C=O) groups excluding carboxylic acids is 1. The number of rotatable bonds is 4. The summed E-state index contributed by atoms with van der Waals surface area (Å²) in [6, 6.07) is 5.10. The Morgan fingerprint density at radius 3 is 2.67 bits per heavy atom. The van der Waals surface area contributed by atoms with Crippen LogP contribution in [0.15, 0.2) is 30.6 Å². The van der Waals surface area contributed by atoms with Crippen LogP contribution in [-0.2, 0) is 16.1 Å². The number of carbonyl (C=O) groups is 2. The normalized spacial score (nSPS) is 18.9. The van der Waals surface area contributed by atoms with Crippen LogP contribution < -0.4 is 4.57 Å². The van der Waals surface area contributed by atoms with E-state index in [1.807, 2.05) is 35.2 Å². The molecule has 1 atom stereocenters. The number of carboxylic acids is 1. The number of aryl methyl sites for hydroxylation is 1. The number of carboxylic acid groups (broad SMARTS) is 1. The summed E-state index contributed by atoms with van der Waals surface area (Å²) in [5.41, 5.74) is 0. The third-order valence-corrected chi connectivity index (χ3v) is 3.22. The highest BCUT2D eigenvalue weighted by Crippen LogP contribution is 2.18. The van der Waals surface area contributed by atoms with E-state index in [-0.39, 0.29) is 5.91 Å². The molecule has 1 N–H and O–H groups in total. The number of likely N-dealkylation sites (tertiary alicyclic amines) is 1. The van der Waals surface area contributed by atoms with Crippen LogP contribution in [0.2, 0.25) is 0 Å². The Morgan fingerprint density at radius 2 is 2.00 bits per heavy atom. The number of aromatic nitrogens is 1. The molecule has 1 aromatic rings. The molecule has 1 unspecified atom stereocenters. The Labute approximate surface area is 106 Å². The summed E-state index contributed by atoms with van der Waals surface area (Å²) in [6.07, 6.45) is 5.48. The largest absolute Gasteiger partial charge is 0.480 e. The van der Waals surface area contributed by atoms with Crippen LogP contribution >= 0.6 is 0 Å². The predicted octanol–water partition coefficient (Wildman–Crippen LogP) is 0.440. The summed E-state index contributed by atoms with van der Waals surface area (Å²) in [5.74, 6) is -0.968. The first kappa shape index (κ1) is 12.5. The maximum Gasteiger partial charge on any atom is 0.326 e. The van der Waals surface area contributed by atoms with E-state index in [4.69, 9.17) is 5.11 Å². The van der Waals surface area contributed by atoms with Crippen LogP contribution in [0.3, 0.4) is 0 Å². The Bertz CT molecular complexity index is 433. The number of hydrogen-bond donors (Lipinski definition) is 1. The fourth-order valence-corrected chi connectivity index (χ4v) is 2.27. The van der Waals surface area contributed by atoms with Gasteiger partial charge in [-0.1, -0.05) is 6.07 Å². The summed E-state index contributed by atoms with van der Waals surface area (Å²) >= 11 is 0. The highest BCUT2D eigenvalue weighted by molar-refractivity contribution is 5.84. The quantitative estimate of drug-likeness (QED) is 0.788. The molecule has 0 bridgehead atoms. The molecule has 2 rings (SSSR count). The average molecular weight is 249 g/mol. The van der Waals surface area contributed by atoms with E-state index in [1.165, 1.54) is 4.90 Å². The fourth-order valence-electron chi connectivity index (χ4n) is 2.27. The molecule has 18 heavy (non-hydrogen) atoms. The number of nitrogens with zero attached hydrogens (tertiary/aromatic N) is 2. The standard InChI is InChI=1S/C13H16N2O3/c16-12(6-10-14-7-2-1-3-8-14)15-9-4-5-11(15)13(17)18/h1-3,7-8,11H,4-6,9-10H2/p+1. The van der Waals surface area contributed by atoms with Crippen LogP contribution in [0.1, 0.15) is 19.3 Å². The second-order valence-electron chi connectivity index (χ2n) is 4.45. The molecule has 0 saturated carbocycles. The topological polar surface area (TPSA) is 61.5 Å². The molecule has 2 heterocycles. The van der Waals surface area contributed by atoms with Gasteiger partial charge in [-0.2, -0.15) is 0 Å². The minimum atomic E-state index is -0.895. The zero-order valence-corrected chi connectivity index (χ0v) is 10.2. The van der Waals surface area contributed by atoms with Crippen LogP contribution in [0.25, 0.3) is 0 Å². The zero-order chi connectivity index (χ0) is 13.0. The van der Waals surface area contributed by atoms with Gasteiger partial charge in [0.05, 0.1) is 6.42 Å². The number of hydrogen-bond acceptors (Lipinski definition) is 2. The van der Waals surface area contributed by atoms with E-state index in [0.717, 1.165) is 6.42 Å². The molecule has 1 aliphatic heterocycles. The minimum absolute atomic E-state index is 0.0729. The van der Waals surface area contributed by atoms with Crippen LogP contribution in [-0.4, -0.2) is 34.5 Å². The smallest absolute Gasteiger partial charge is 0.326 e. The highest BCUT2D eigenvalue weighted by atomic mass is 16.4. The lowest BCUT2D eigenvalue weighted by Gasteiger charge is -2.20. The molecular weight excluding hydrogens is 232 g/mol. The monoisotopic (exact) mass is 249 g/mol. The molecule has 1 aliphatic rings. The van der Waals surface area contributed by atoms with Crippen molar-refractivity contribution < 1.29 is 19.3 Å². The van der Waals surface area contributed by atoms with Gasteiger partial charge in [0.25, 0.3) is 0 Å². The van der Waals surface area contributed by atoms with E-state index in [0.29, 0.717) is 25.9 Å². The molecular formula is C13H17N2O3+. The van der Waals surface area contributed by atoms with Crippen LogP contribution in [0.5, 0.6) is 0 Å². The second-order valence-corrected chi connectivity index (χ2v) is 4.45. The third-order valence-electron chi connectivity index (χ3n) is 3.22. The van der Waals surface area contributed by atoms with E-state index in [9.17, 15) is 9.59 Å². The van der Waals surface area contributed by atoms with Gasteiger partial charge < -0.3 is 10.0 Å². The molecule has 1 aromatic heterocycles. The van der Waals surface area contributed by atoms with Crippen molar-refractivity contribution in [2.45, 2.75) is 31.8 Å². The Kier molecular flexibility index (Phi) is 3.92. The Morgan fingerprint density at radius 1 is 1.28 bits per heavy atom. The van der Waals surface area contributed by atoms with Gasteiger partial charge in [-0.05, 0) is 12.8 Å². The van der Waals surface area contributed by atoms with Crippen molar-refractivity contribution >= 4 is 11.9 Å². The van der Waals surface area contributed by atoms with Crippen molar-refractivity contribution in [2.24, 2.45) is 0 Å². The Balaban J connectivity index is 1.90. The number of pyridine rings is 1. The third kappa shape index (κ3) is 2.85. The maximum atomic E-state index is 12.0. The lowest BCUT2D eigenvalue weighted by atomic mass is 10.2. The van der Waals surface area contributed by atoms with Crippen molar-refractivity contribution in [3.63, 3.8) is 0 Å².